The van der Waals surface area contributed by atoms with Crippen LogP contribution in [0.15, 0.2) is 11.6 Å². The van der Waals surface area contributed by atoms with Crippen LogP contribution in [0.2, 0.25) is 5.02 Å². The predicted molar refractivity (Wildman–Crippen MR) is 96.1 cm³/mol. The molecule has 29 heavy (non-hydrogen) atoms. The highest BCUT2D eigenvalue weighted by atomic mass is 35.5. The van der Waals surface area contributed by atoms with Gasteiger partial charge in [0, 0.05) is 17.1 Å². The average Bonchev–Trinajstić information content (AvgIpc) is 2.63. The van der Waals surface area contributed by atoms with Crippen molar-refractivity contribution in [1.29, 1.82) is 0 Å². The highest BCUT2D eigenvalue weighted by Crippen LogP contribution is 2.41. The number of rotatable bonds is 8. The number of halogens is 4. The van der Waals surface area contributed by atoms with Crippen LogP contribution in [0, 0.1) is 24.0 Å². The second-order valence-corrected chi connectivity index (χ2v) is 6.49. The topological polar surface area (TPSA) is 99.9 Å². The minimum atomic E-state index is -4.81. The molecule has 0 aromatic heterocycles. The standard InChI is InChI=1S/C17H18ClF3N2O6/c1-9-7-13-11(10(2)14(9)18)8-12(15(29-13)17(19,20)21)16(24)22-3-4-27-5-6-28-23(25)26/h7-8,15H,3-6H2,1-2H3,(H,22,24). The fraction of sp³-hybridized carbons (Fsp3) is 0.471. The van der Waals surface area contributed by atoms with E-state index in [0.29, 0.717) is 21.7 Å². The van der Waals surface area contributed by atoms with E-state index in [9.17, 15) is 28.1 Å². The first-order chi connectivity index (χ1) is 13.5. The minimum Gasteiger partial charge on any atom is -0.475 e. The molecule has 1 aromatic rings. The molecular formula is C17H18ClF3N2O6. The third-order valence-electron chi connectivity index (χ3n) is 4.04. The monoisotopic (exact) mass is 438 g/mol. The summed E-state index contributed by atoms with van der Waals surface area (Å²) in [6.45, 7) is 2.67. The zero-order valence-corrected chi connectivity index (χ0v) is 16.2. The molecule has 0 aliphatic carbocycles. The van der Waals surface area contributed by atoms with Crippen molar-refractivity contribution in [2.45, 2.75) is 26.1 Å². The summed E-state index contributed by atoms with van der Waals surface area (Å²) in [5.74, 6) is -0.975. The maximum atomic E-state index is 13.5. The lowest BCUT2D eigenvalue weighted by molar-refractivity contribution is -0.758. The van der Waals surface area contributed by atoms with Crippen molar-refractivity contribution in [3.8, 4) is 5.75 Å². The predicted octanol–water partition coefficient (Wildman–Crippen LogP) is 3.00. The Balaban J connectivity index is 2.10. The Bertz CT molecular complexity index is 828. The summed E-state index contributed by atoms with van der Waals surface area (Å²) in [6, 6.07) is 1.40. The molecule has 1 aliphatic heterocycles. The van der Waals surface area contributed by atoms with Gasteiger partial charge in [-0.25, -0.2) is 0 Å². The summed E-state index contributed by atoms with van der Waals surface area (Å²) in [6.07, 6.45) is -6.11. The Labute approximate surface area is 168 Å². The van der Waals surface area contributed by atoms with Crippen LogP contribution >= 0.6 is 11.6 Å². The smallest absolute Gasteiger partial charge is 0.429 e. The molecule has 0 radical (unpaired) electrons. The molecule has 1 N–H and O–H groups in total. The van der Waals surface area contributed by atoms with Crippen LogP contribution in [0.4, 0.5) is 13.2 Å². The molecule has 1 aromatic carbocycles. The number of nitrogens with zero attached hydrogens (tertiary/aromatic N) is 1. The van der Waals surface area contributed by atoms with E-state index >= 15 is 0 Å². The van der Waals surface area contributed by atoms with Crippen molar-refractivity contribution in [2.75, 3.05) is 26.4 Å². The Morgan fingerprint density at radius 3 is 2.66 bits per heavy atom. The normalized spacial score (nSPS) is 15.8. The van der Waals surface area contributed by atoms with Gasteiger partial charge in [0.05, 0.1) is 18.8 Å². The summed E-state index contributed by atoms with van der Waals surface area (Å²) in [7, 11) is 0. The molecule has 0 saturated carbocycles. The van der Waals surface area contributed by atoms with Crippen LogP contribution in [-0.4, -0.2) is 49.6 Å². The summed E-state index contributed by atoms with van der Waals surface area (Å²) < 4.78 is 50.5. The Morgan fingerprint density at radius 2 is 2.03 bits per heavy atom. The lowest BCUT2D eigenvalue weighted by Crippen LogP contribution is -2.44. The van der Waals surface area contributed by atoms with E-state index in [0.717, 1.165) is 6.08 Å². The lowest BCUT2D eigenvalue weighted by atomic mass is 9.96. The van der Waals surface area contributed by atoms with E-state index < -0.39 is 28.8 Å². The molecule has 1 amide bonds. The number of benzene rings is 1. The van der Waals surface area contributed by atoms with Gasteiger partial charge in [0.15, 0.2) is 0 Å². The maximum Gasteiger partial charge on any atom is 0.429 e. The first-order valence-electron chi connectivity index (χ1n) is 8.40. The maximum absolute atomic E-state index is 13.5. The molecule has 2 rings (SSSR count). The molecule has 1 aliphatic rings. The number of carbonyl (C=O) groups is 1. The molecule has 0 fully saturated rings. The molecule has 12 heteroatoms. The average molecular weight is 439 g/mol. The van der Waals surface area contributed by atoms with E-state index in [4.69, 9.17) is 21.1 Å². The van der Waals surface area contributed by atoms with Crippen LogP contribution in [-0.2, 0) is 14.4 Å². The van der Waals surface area contributed by atoms with Gasteiger partial charge in [0.1, 0.15) is 12.4 Å². The van der Waals surface area contributed by atoms with E-state index in [-0.39, 0.29) is 32.1 Å². The van der Waals surface area contributed by atoms with Crippen LogP contribution in [0.1, 0.15) is 16.7 Å². The van der Waals surface area contributed by atoms with Gasteiger partial charge in [-0.05, 0) is 37.1 Å². The number of hydrogen-bond acceptors (Lipinski definition) is 6. The van der Waals surface area contributed by atoms with Gasteiger partial charge in [-0.3, -0.25) is 4.79 Å². The third kappa shape index (κ3) is 5.73. The largest absolute Gasteiger partial charge is 0.475 e. The van der Waals surface area contributed by atoms with Crippen LogP contribution in [0.3, 0.4) is 0 Å². The molecule has 8 nitrogen and oxygen atoms in total. The van der Waals surface area contributed by atoms with Crippen molar-refractivity contribution < 1.29 is 37.4 Å². The quantitative estimate of drug-likeness (QED) is 0.380. The molecule has 0 saturated heterocycles. The number of alkyl halides is 3. The number of hydrogen-bond donors (Lipinski definition) is 1. The first kappa shape index (κ1) is 22.8. The SMILES string of the molecule is Cc1cc2c(c(C)c1Cl)C=C(C(=O)NCCOCCO[N+](=O)[O-])C(C(F)(F)F)O2. The third-order valence-corrected chi connectivity index (χ3v) is 4.62. The van der Waals surface area contributed by atoms with Crippen LogP contribution in [0.5, 0.6) is 5.75 Å². The van der Waals surface area contributed by atoms with Crippen LogP contribution < -0.4 is 10.1 Å². The highest BCUT2D eigenvalue weighted by molar-refractivity contribution is 6.32. The summed E-state index contributed by atoms with van der Waals surface area (Å²) in [4.78, 5) is 26.3. The minimum absolute atomic E-state index is 0.00241. The first-order valence-corrected chi connectivity index (χ1v) is 8.78. The fourth-order valence-corrected chi connectivity index (χ4v) is 2.83. The zero-order valence-electron chi connectivity index (χ0n) is 15.5. The van der Waals surface area contributed by atoms with E-state index in [2.05, 4.69) is 10.2 Å². The molecule has 0 bridgehead atoms. The molecule has 1 unspecified atom stereocenters. The highest BCUT2D eigenvalue weighted by Gasteiger charge is 2.48. The van der Waals surface area contributed by atoms with Gasteiger partial charge in [0.2, 0.25) is 6.10 Å². The van der Waals surface area contributed by atoms with Crippen molar-refractivity contribution in [2.24, 2.45) is 0 Å². The van der Waals surface area contributed by atoms with Gasteiger partial charge in [-0.15, -0.1) is 10.1 Å². The van der Waals surface area contributed by atoms with E-state index in [1.165, 1.54) is 6.07 Å². The molecule has 0 spiro atoms. The van der Waals surface area contributed by atoms with Crippen molar-refractivity contribution in [3.05, 3.63) is 43.5 Å². The van der Waals surface area contributed by atoms with Crippen LogP contribution in [0.25, 0.3) is 6.08 Å². The number of aryl methyl sites for hydroxylation is 1. The molecule has 1 heterocycles. The van der Waals surface area contributed by atoms with Gasteiger partial charge < -0.3 is 19.6 Å². The fourth-order valence-electron chi connectivity index (χ4n) is 2.67. The van der Waals surface area contributed by atoms with E-state index in [1.54, 1.807) is 13.8 Å². The molecular weight excluding hydrogens is 421 g/mol. The van der Waals surface area contributed by atoms with E-state index in [1.807, 2.05) is 0 Å². The van der Waals surface area contributed by atoms with Gasteiger partial charge in [-0.2, -0.15) is 13.2 Å². The number of amides is 1. The molecule has 160 valence electrons. The van der Waals surface area contributed by atoms with Crippen molar-refractivity contribution >= 4 is 23.6 Å². The number of nitrogens with one attached hydrogen (secondary N) is 1. The van der Waals surface area contributed by atoms with Gasteiger partial charge >= 0.3 is 6.18 Å². The van der Waals surface area contributed by atoms with Gasteiger partial charge in [0.25, 0.3) is 11.0 Å². The zero-order chi connectivity index (χ0) is 21.8. The number of ether oxygens (including phenoxy) is 2. The lowest BCUT2D eigenvalue weighted by Gasteiger charge is -2.29. The van der Waals surface area contributed by atoms with Crippen molar-refractivity contribution in [1.82, 2.24) is 5.32 Å². The number of fused-ring (bicyclic) bond motifs is 1. The van der Waals surface area contributed by atoms with Gasteiger partial charge in [-0.1, -0.05) is 11.6 Å². The Morgan fingerprint density at radius 1 is 1.34 bits per heavy atom. The second-order valence-electron chi connectivity index (χ2n) is 6.11. The summed E-state index contributed by atoms with van der Waals surface area (Å²) in [5.41, 5.74) is 0.759. The number of carbonyl (C=O) groups excluding carboxylic acids is 1. The summed E-state index contributed by atoms with van der Waals surface area (Å²) >= 11 is 6.16. The Hall–Kier alpha value is -2.53. The second kappa shape index (κ2) is 9.31. The van der Waals surface area contributed by atoms with Crippen molar-refractivity contribution in [3.63, 3.8) is 0 Å². The molecule has 1 atom stereocenters. The summed E-state index contributed by atoms with van der Waals surface area (Å²) in [5, 5.41) is 11.7. The Kier molecular flexibility index (Phi) is 7.31.